The Morgan fingerprint density at radius 1 is 1.22 bits per heavy atom. The quantitative estimate of drug-likeness (QED) is 0.882. The number of anilines is 2. The van der Waals surface area contributed by atoms with Crippen molar-refractivity contribution in [2.75, 3.05) is 51.0 Å². The van der Waals surface area contributed by atoms with Gasteiger partial charge in [-0.3, -0.25) is 0 Å². The summed E-state index contributed by atoms with van der Waals surface area (Å²) >= 11 is 0. The summed E-state index contributed by atoms with van der Waals surface area (Å²) in [4.78, 5) is 4.58. The molecule has 0 amide bonds. The minimum atomic E-state index is 0.816. The van der Waals surface area contributed by atoms with Gasteiger partial charge in [0.15, 0.2) is 0 Å². The van der Waals surface area contributed by atoms with Crippen LogP contribution in [0.3, 0.4) is 0 Å². The SMILES string of the molecule is CN1CCC(CNc2ccccc2N(C)C)CC1. The molecule has 0 aliphatic carbocycles. The van der Waals surface area contributed by atoms with E-state index >= 15 is 0 Å². The number of hydrogen-bond acceptors (Lipinski definition) is 3. The van der Waals surface area contributed by atoms with Crippen molar-refractivity contribution in [1.29, 1.82) is 0 Å². The lowest BCUT2D eigenvalue weighted by molar-refractivity contribution is 0.226. The van der Waals surface area contributed by atoms with Crippen molar-refractivity contribution in [2.45, 2.75) is 12.8 Å². The fraction of sp³-hybridized carbons (Fsp3) is 0.600. The molecule has 0 saturated carbocycles. The molecule has 2 rings (SSSR count). The van der Waals surface area contributed by atoms with Crippen LogP contribution in [0.15, 0.2) is 24.3 Å². The molecule has 0 spiro atoms. The summed E-state index contributed by atoms with van der Waals surface area (Å²) in [5, 5.41) is 3.62. The first-order chi connectivity index (χ1) is 8.66. The van der Waals surface area contributed by atoms with Gasteiger partial charge in [-0.2, -0.15) is 0 Å². The molecule has 3 nitrogen and oxygen atoms in total. The summed E-state index contributed by atoms with van der Waals surface area (Å²) in [5.41, 5.74) is 2.52. The number of rotatable bonds is 4. The minimum absolute atomic E-state index is 0.816. The molecular formula is C15H25N3. The van der Waals surface area contributed by atoms with Gasteiger partial charge in [-0.05, 0) is 51.0 Å². The number of para-hydroxylation sites is 2. The predicted molar refractivity (Wildman–Crippen MR) is 79.5 cm³/mol. The van der Waals surface area contributed by atoms with E-state index in [0.29, 0.717) is 0 Å². The largest absolute Gasteiger partial charge is 0.383 e. The van der Waals surface area contributed by atoms with Crippen LogP contribution < -0.4 is 10.2 Å². The van der Waals surface area contributed by atoms with Gasteiger partial charge in [0.1, 0.15) is 0 Å². The average Bonchev–Trinajstić information content (AvgIpc) is 2.38. The monoisotopic (exact) mass is 247 g/mol. The summed E-state index contributed by atoms with van der Waals surface area (Å²) < 4.78 is 0. The maximum atomic E-state index is 3.62. The molecule has 1 saturated heterocycles. The molecule has 0 bridgehead atoms. The molecule has 0 radical (unpaired) electrons. The Morgan fingerprint density at radius 2 is 1.89 bits per heavy atom. The van der Waals surface area contributed by atoms with Crippen molar-refractivity contribution in [3.63, 3.8) is 0 Å². The smallest absolute Gasteiger partial charge is 0.0596 e. The normalized spacial score (nSPS) is 17.7. The van der Waals surface area contributed by atoms with Crippen molar-refractivity contribution in [1.82, 2.24) is 4.90 Å². The minimum Gasteiger partial charge on any atom is -0.383 e. The molecule has 1 aromatic rings. The molecule has 18 heavy (non-hydrogen) atoms. The van der Waals surface area contributed by atoms with Gasteiger partial charge in [0, 0.05) is 20.6 Å². The Hall–Kier alpha value is -1.22. The Bertz CT molecular complexity index is 368. The first-order valence-corrected chi connectivity index (χ1v) is 6.85. The molecule has 100 valence electrons. The standard InChI is InChI=1S/C15H25N3/c1-17(2)15-7-5-4-6-14(15)16-12-13-8-10-18(3)11-9-13/h4-7,13,16H,8-12H2,1-3H3. The Morgan fingerprint density at radius 3 is 2.56 bits per heavy atom. The maximum Gasteiger partial charge on any atom is 0.0596 e. The molecule has 1 aliphatic rings. The third-order valence-electron chi connectivity index (χ3n) is 3.81. The lowest BCUT2D eigenvalue weighted by atomic mass is 9.97. The number of hydrogen-bond donors (Lipinski definition) is 1. The molecule has 1 aromatic carbocycles. The zero-order chi connectivity index (χ0) is 13.0. The van der Waals surface area contributed by atoms with Crippen molar-refractivity contribution >= 4 is 11.4 Å². The van der Waals surface area contributed by atoms with Crippen LogP contribution in [-0.2, 0) is 0 Å². The Labute approximate surface area is 111 Å². The highest BCUT2D eigenvalue weighted by atomic mass is 15.1. The summed E-state index contributed by atoms with van der Waals surface area (Å²) in [7, 11) is 6.40. The van der Waals surface area contributed by atoms with Gasteiger partial charge in [-0.25, -0.2) is 0 Å². The van der Waals surface area contributed by atoms with Crippen LogP contribution in [0.4, 0.5) is 11.4 Å². The van der Waals surface area contributed by atoms with Crippen molar-refractivity contribution < 1.29 is 0 Å². The summed E-state index contributed by atoms with van der Waals surface area (Å²) in [6.07, 6.45) is 2.63. The highest BCUT2D eigenvalue weighted by Crippen LogP contribution is 2.25. The van der Waals surface area contributed by atoms with Crippen molar-refractivity contribution in [2.24, 2.45) is 5.92 Å². The first-order valence-electron chi connectivity index (χ1n) is 6.85. The van der Waals surface area contributed by atoms with Gasteiger partial charge >= 0.3 is 0 Å². The molecule has 1 aliphatic heterocycles. The fourth-order valence-corrected chi connectivity index (χ4v) is 2.53. The zero-order valence-electron chi connectivity index (χ0n) is 11.8. The lowest BCUT2D eigenvalue weighted by Crippen LogP contribution is -2.33. The fourth-order valence-electron chi connectivity index (χ4n) is 2.53. The summed E-state index contributed by atoms with van der Waals surface area (Å²) in [6.45, 7) is 3.57. The van der Waals surface area contributed by atoms with Crippen LogP contribution in [0.25, 0.3) is 0 Å². The van der Waals surface area contributed by atoms with Gasteiger partial charge < -0.3 is 15.1 Å². The number of nitrogens with one attached hydrogen (secondary N) is 1. The highest BCUT2D eigenvalue weighted by molar-refractivity contribution is 5.69. The van der Waals surface area contributed by atoms with E-state index in [1.807, 2.05) is 0 Å². The number of likely N-dealkylation sites (tertiary alicyclic amines) is 1. The third kappa shape index (κ3) is 3.39. The van der Waals surface area contributed by atoms with Crippen LogP contribution in [-0.4, -0.2) is 45.7 Å². The Kier molecular flexibility index (Phi) is 4.48. The van der Waals surface area contributed by atoms with Crippen LogP contribution in [0.5, 0.6) is 0 Å². The lowest BCUT2D eigenvalue weighted by Gasteiger charge is -2.29. The zero-order valence-corrected chi connectivity index (χ0v) is 11.8. The van der Waals surface area contributed by atoms with E-state index in [4.69, 9.17) is 0 Å². The molecule has 3 heteroatoms. The van der Waals surface area contributed by atoms with E-state index < -0.39 is 0 Å². The van der Waals surface area contributed by atoms with E-state index in [2.05, 4.69) is 60.5 Å². The van der Waals surface area contributed by atoms with Gasteiger partial charge in [-0.1, -0.05) is 12.1 Å². The first kappa shape index (κ1) is 13.2. The highest BCUT2D eigenvalue weighted by Gasteiger charge is 2.16. The molecule has 1 heterocycles. The van der Waals surface area contributed by atoms with E-state index in [1.54, 1.807) is 0 Å². The van der Waals surface area contributed by atoms with Crippen LogP contribution in [0.2, 0.25) is 0 Å². The van der Waals surface area contributed by atoms with Gasteiger partial charge in [0.25, 0.3) is 0 Å². The van der Waals surface area contributed by atoms with E-state index in [0.717, 1.165) is 12.5 Å². The topological polar surface area (TPSA) is 18.5 Å². The Balaban J connectivity index is 1.90. The van der Waals surface area contributed by atoms with Gasteiger partial charge in [0.05, 0.1) is 11.4 Å². The summed E-state index contributed by atoms with van der Waals surface area (Å²) in [5.74, 6) is 0.816. The molecule has 0 aromatic heterocycles. The van der Waals surface area contributed by atoms with Crippen LogP contribution in [0, 0.1) is 5.92 Å². The van der Waals surface area contributed by atoms with E-state index in [9.17, 15) is 0 Å². The second-order valence-corrected chi connectivity index (χ2v) is 5.54. The third-order valence-corrected chi connectivity index (χ3v) is 3.81. The number of benzene rings is 1. The van der Waals surface area contributed by atoms with Crippen molar-refractivity contribution in [3.05, 3.63) is 24.3 Å². The molecule has 0 atom stereocenters. The number of nitrogens with zero attached hydrogens (tertiary/aromatic N) is 2. The molecule has 1 fully saturated rings. The van der Waals surface area contributed by atoms with E-state index in [-0.39, 0.29) is 0 Å². The van der Waals surface area contributed by atoms with Gasteiger partial charge in [-0.15, -0.1) is 0 Å². The molecular weight excluding hydrogens is 222 g/mol. The molecule has 0 unspecified atom stereocenters. The van der Waals surface area contributed by atoms with Gasteiger partial charge in [0.2, 0.25) is 0 Å². The molecule has 1 N–H and O–H groups in total. The van der Waals surface area contributed by atoms with Crippen LogP contribution >= 0.6 is 0 Å². The van der Waals surface area contributed by atoms with Crippen molar-refractivity contribution in [3.8, 4) is 0 Å². The van der Waals surface area contributed by atoms with Crippen LogP contribution in [0.1, 0.15) is 12.8 Å². The maximum absolute atomic E-state index is 3.62. The summed E-state index contributed by atoms with van der Waals surface area (Å²) in [6, 6.07) is 8.53. The second kappa shape index (κ2) is 6.10. The second-order valence-electron chi connectivity index (χ2n) is 5.54. The predicted octanol–water partition coefficient (Wildman–Crippen LogP) is 2.51. The average molecular weight is 247 g/mol. The van der Waals surface area contributed by atoms with E-state index in [1.165, 1.54) is 37.3 Å². The number of piperidine rings is 1.